The molecule has 0 bridgehead atoms. The standard InChI is InChI=1S/C41H45ClN2O3/c1-27(2)35-25-20-28(3)26-36(35)47-40(45)39-38(33-21-23-34(42)24-22-33)44(41(46)43(39)29(4)30-14-8-5-9-15-30)37(31-16-10-6-11-17-31)32-18-12-7-13-19-32/h5-19,21-24,27-29,35-39H,20,25-26H2,1-4H3. The number of benzene rings is 4. The van der Waals surface area contributed by atoms with Crippen LogP contribution in [0.5, 0.6) is 0 Å². The molecule has 6 unspecified atom stereocenters. The van der Waals surface area contributed by atoms with Crippen molar-refractivity contribution in [1.82, 2.24) is 9.80 Å². The molecule has 1 aliphatic carbocycles. The fourth-order valence-corrected chi connectivity index (χ4v) is 7.87. The highest BCUT2D eigenvalue weighted by atomic mass is 35.5. The lowest BCUT2D eigenvalue weighted by Gasteiger charge is -2.38. The highest BCUT2D eigenvalue weighted by molar-refractivity contribution is 6.30. The minimum atomic E-state index is -0.890. The largest absolute Gasteiger partial charge is 0.460 e. The van der Waals surface area contributed by atoms with Crippen LogP contribution in [0.2, 0.25) is 5.02 Å². The number of urea groups is 1. The van der Waals surface area contributed by atoms with Crippen LogP contribution >= 0.6 is 11.6 Å². The van der Waals surface area contributed by atoms with Crippen LogP contribution in [-0.4, -0.2) is 33.9 Å². The summed E-state index contributed by atoms with van der Waals surface area (Å²) in [5.41, 5.74) is 3.72. The molecule has 2 amide bonds. The second-order valence-electron chi connectivity index (χ2n) is 13.7. The highest BCUT2D eigenvalue weighted by Gasteiger charge is 2.55. The Bertz CT molecular complexity index is 1590. The number of halogens is 1. The van der Waals surface area contributed by atoms with Crippen LogP contribution in [0.15, 0.2) is 115 Å². The molecule has 4 aromatic carbocycles. The Hall–Kier alpha value is -4.09. The summed E-state index contributed by atoms with van der Waals surface area (Å²) >= 11 is 6.40. The van der Waals surface area contributed by atoms with E-state index in [9.17, 15) is 4.79 Å². The maximum atomic E-state index is 15.2. The van der Waals surface area contributed by atoms with Gasteiger partial charge in [-0.15, -0.1) is 0 Å². The van der Waals surface area contributed by atoms with Crippen molar-refractivity contribution in [3.8, 4) is 0 Å². The summed E-state index contributed by atoms with van der Waals surface area (Å²) in [5, 5.41) is 0.594. The van der Waals surface area contributed by atoms with E-state index in [0.29, 0.717) is 16.9 Å². The molecule has 0 spiro atoms. The van der Waals surface area contributed by atoms with Crippen molar-refractivity contribution < 1.29 is 14.3 Å². The normalized spacial score (nSPS) is 23.7. The van der Waals surface area contributed by atoms with Gasteiger partial charge < -0.3 is 14.5 Å². The Morgan fingerprint density at radius 1 is 0.745 bits per heavy atom. The van der Waals surface area contributed by atoms with Gasteiger partial charge in [0.15, 0.2) is 6.04 Å². The Morgan fingerprint density at radius 3 is 1.81 bits per heavy atom. The lowest BCUT2D eigenvalue weighted by Crippen LogP contribution is -2.46. The first-order valence-electron chi connectivity index (χ1n) is 17.0. The third kappa shape index (κ3) is 6.82. The van der Waals surface area contributed by atoms with Crippen molar-refractivity contribution in [2.75, 3.05) is 0 Å². The van der Waals surface area contributed by atoms with Crippen LogP contribution in [0.4, 0.5) is 4.79 Å². The number of nitrogens with zero attached hydrogens (tertiary/aromatic N) is 2. The van der Waals surface area contributed by atoms with Crippen LogP contribution in [-0.2, 0) is 9.53 Å². The molecule has 2 fully saturated rings. The van der Waals surface area contributed by atoms with Gasteiger partial charge in [0.2, 0.25) is 0 Å². The molecule has 1 saturated heterocycles. The molecule has 1 heterocycles. The molecular formula is C41H45ClN2O3. The third-order valence-corrected chi connectivity index (χ3v) is 10.5. The molecule has 6 rings (SSSR count). The fourth-order valence-electron chi connectivity index (χ4n) is 7.74. The predicted molar refractivity (Wildman–Crippen MR) is 188 cm³/mol. The van der Waals surface area contributed by atoms with Crippen LogP contribution in [0, 0.1) is 17.8 Å². The van der Waals surface area contributed by atoms with Gasteiger partial charge in [-0.3, -0.25) is 0 Å². The van der Waals surface area contributed by atoms with E-state index in [4.69, 9.17) is 16.3 Å². The first-order chi connectivity index (χ1) is 22.7. The molecule has 0 radical (unpaired) electrons. The molecule has 47 heavy (non-hydrogen) atoms. The summed E-state index contributed by atoms with van der Waals surface area (Å²) in [6.45, 7) is 8.68. The zero-order valence-corrected chi connectivity index (χ0v) is 28.5. The average Bonchev–Trinajstić information content (AvgIpc) is 3.38. The maximum Gasteiger partial charge on any atom is 0.331 e. The van der Waals surface area contributed by atoms with Gasteiger partial charge in [0.05, 0.1) is 18.1 Å². The number of esters is 1. The molecular weight excluding hydrogens is 604 g/mol. The quantitative estimate of drug-likeness (QED) is 0.170. The number of amides is 2. The average molecular weight is 649 g/mol. The van der Waals surface area contributed by atoms with E-state index in [0.717, 1.165) is 41.5 Å². The van der Waals surface area contributed by atoms with Gasteiger partial charge in [0, 0.05) is 5.02 Å². The molecule has 1 saturated carbocycles. The Kier molecular flexibility index (Phi) is 10.0. The van der Waals surface area contributed by atoms with Crippen LogP contribution < -0.4 is 0 Å². The predicted octanol–water partition coefficient (Wildman–Crippen LogP) is 10.0. The van der Waals surface area contributed by atoms with Crippen molar-refractivity contribution in [2.45, 2.75) is 77.2 Å². The molecule has 6 atom stereocenters. The Morgan fingerprint density at radius 2 is 1.28 bits per heavy atom. The molecule has 5 nitrogen and oxygen atoms in total. The number of rotatable bonds is 9. The summed E-state index contributed by atoms with van der Waals surface area (Å²) in [5.74, 6) is 0.775. The second kappa shape index (κ2) is 14.4. The summed E-state index contributed by atoms with van der Waals surface area (Å²) in [6, 6.07) is 35.1. The van der Waals surface area contributed by atoms with Crippen LogP contribution in [0.3, 0.4) is 0 Å². The highest BCUT2D eigenvalue weighted by Crippen LogP contribution is 2.48. The number of ether oxygens (including phenoxy) is 1. The molecule has 244 valence electrons. The minimum absolute atomic E-state index is 0.200. The second-order valence-corrected chi connectivity index (χ2v) is 14.1. The minimum Gasteiger partial charge on any atom is -0.460 e. The van der Waals surface area contributed by atoms with Gasteiger partial charge >= 0.3 is 12.0 Å². The smallest absolute Gasteiger partial charge is 0.331 e. The van der Waals surface area contributed by atoms with E-state index in [-0.39, 0.29) is 30.1 Å². The Labute approximate surface area is 284 Å². The molecule has 2 aliphatic rings. The fraction of sp³-hybridized carbons (Fsp3) is 0.366. The van der Waals surface area contributed by atoms with Crippen LogP contribution in [0.25, 0.3) is 0 Å². The Balaban J connectivity index is 1.53. The number of carbonyl (C=O) groups is 2. The zero-order chi connectivity index (χ0) is 33.1. The molecule has 6 heteroatoms. The summed E-state index contributed by atoms with van der Waals surface area (Å²) in [6.07, 6.45) is 2.79. The van der Waals surface area contributed by atoms with E-state index in [1.54, 1.807) is 4.90 Å². The van der Waals surface area contributed by atoms with E-state index < -0.39 is 18.1 Å². The topological polar surface area (TPSA) is 49.9 Å². The van der Waals surface area contributed by atoms with Gasteiger partial charge in [-0.25, -0.2) is 9.59 Å². The van der Waals surface area contributed by atoms with Crippen molar-refractivity contribution in [3.63, 3.8) is 0 Å². The van der Waals surface area contributed by atoms with Gasteiger partial charge in [-0.1, -0.05) is 142 Å². The van der Waals surface area contributed by atoms with E-state index in [1.165, 1.54) is 0 Å². The molecule has 1 aliphatic heterocycles. The monoisotopic (exact) mass is 648 g/mol. The van der Waals surface area contributed by atoms with Crippen LogP contribution in [0.1, 0.15) is 87.3 Å². The molecule has 0 N–H and O–H groups in total. The van der Waals surface area contributed by atoms with Gasteiger partial charge in [0.25, 0.3) is 0 Å². The summed E-state index contributed by atoms with van der Waals surface area (Å²) in [4.78, 5) is 33.8. The summed E-state index contributed by atoms with van der Waals surface area (Å²) < 4.78 is 6.61. The molecule has 4 aromatic rings. The van der Waals surface area contributed by atoms with Crippen molar-refractivity contribution >= 4 is 23.6 Å². The van der Waals surface area contributed by atoms with E-state index in [2.05, 4.69) is 45.0 Å². The first-order valence-corrected chi connectivity index (χ1v) is 17.3. The number of hydrogen-bond acceptors (Lipinski definition) is 3. The van der Waals surface area contributed by atoms with Gasteiger partial charge in [0.1, 0.15) is 6.10 Å². The van der Waals surface area contributed by atoms with Gasteiger partial charge in [-0.2, -0.15) is 0 Å². The maximum absolute atomic E-state index is 15.2. The number of carbonyl (C=O) groups excluding carboxylic acids is 2. The van der Waals surface area contributed by atoms with Crippen molar-refractivity contribution in [3.05, 3.63) is 143 Å². The molecule has 0 aromatic heterocycles. The van der Waals surface area contributed by atoms with Crippen molar-refractivity contribution in [1.29, 1.82) is 0 Å². The van der Waals surface area contributed by atoms with Gasteiger partial charge in [-0.05, 0) is 71.9 Å². The summed E-state index contributed by atoms with van der Waals surface area (Å²) in [7, 11) is 0. The zero-order valence-electron chi connectivity index (χ0n) is 27.7. The number of hydrogen-bond donors (Lipinski definition) is 0. The SMILES string of the molecule is CC1CCC(C(C)C)C(OC(=O)C2C(c3ccc(Cl)cc3)N(C(c3ccccc3)c3ccccc3)C(=O)N2C(C)c2ccccc2)C1. The van der Waals surface area contributed by atoms with Crippen molar-refractivity contribution in [2.24, 2.45) is 17.8 Å². The third-order valence-electron chi connectivity index (χ3n) is 10.2. The van der Waals surface area contributed by atoms with E-state index >= 15 is 4.79 Å². The van der Waals surface area contributed by atoms with E-state index in [1.807, 2.05) is 103 Å². The lowest BCUT2D eigenvalue weighted by molar-refractivity contribution is -0.162. The lowest BCUT2D eigenvalue weighted by atomic mass is 9.75. The first kappa shape index (κ1) is 32.8.